The van der Waals surface area contributed by atoms with Crippen molar-refractivity contribution in [2.24, 2.45) is 7.05 Å². The third kappa shape index (κ3) is 1.94. The van der Waals surface area contributed by atoms with Gasteiger partial charge in [-0.05, 0) is 6.07 Å². The summed E-state index contributed by atoms with van der Waals surface area (Å²) in [6.07, 6.45) is 3.66. The number of nitrogens with zero attached hydrogens (tertiary/aromatic N) is 4. The predicted octanol–water partition coefficient (Wildman–Crippen LogP) is 2.11. The second kappa shape index (κ2) is 3.86. The van der Waals surface area contributed by atoms with Crippen LogP contribution in [0.2, 0.25) is 0 Å². The van der Waals surface area contributed by atoms with Crippen molar-refractivity contribution < 1.29 is 0 Å². The second-order valence-electron chi connectivity index (χ2n) is 3.75. The van der Waals surface area contributed by atoms with Crippen LogP contribution in [0.5, 0.6) is 0 Å². The Balaban J connectivity index is 1.95. The number of rotatable bonds is 2. The predicted molar refractivity (Wildman–Crippen MR) is 66.0 cm³/mol. The molecule has 0 atom stereocenters. The van der Waals surface area contributed by atoms with E-state index in [1.54, 1.807) is 10.9 Å². The van der Waals surface area contributed by atoms with Crippen LogP contribution < -0.4 is 5.32 Å². The number of hydrogen-bond donors (Lipinski definition) is 1. The fourth-order valence-corrected chi connectivity index (χ4v) is 1.63. The molecule has 0 bridgehead atoms. The molecule has 0 spiro atoms. The Morgan fingerprint density at radius 3 is 2.88 bits per heavy atom. The van der Waals surface area contributed by atoms with Crippen LogP contribution in [0.4, 0.5) is 11.8 Å². The molecule has 0 amide bonds. The topological polar surface area (TPSA) is 55.6 Å². The lowest BCUT2D eigenvalue weighted by Crippen LogP contribution is -1.98. The van der Waals surface area contributed by atoms with Gasteiger partial charge in [-0.2, -0.15) is 5.10 Å². The molecule has 2 heterocycles. The molecule has 0 aliphatic heterocycles. The third-order valence-electron chi connectivity index (χ3n) is 2.44. The van der Waals surface area contributed by atoms with E-state index in [0.717, 1.165) is 16.7 Å². The Kier molecular flexibility index (Phi) is 2.22. The number of nitrogens with one attached hydrogen (secondary N) is 1. The minimum Gasteiger partial charge on any atom is -0.307 e. The highest BCUT2D eigenvalue weighted by Gasteiger charge is 2.01. The van der Waals surface area contributed by atoms with Crippen molar-refractivity contribution in [2.45, 2.75) is 0 Å². The van der Waals surface area contributed by atoms with Gasteiger partial charge in [-0.3, -0.25) is 4.68 Å². The molecule has 0 unspecified atom stereocenters. The average molecular weight is 225 g/mol. The van der Waals surface area contributed by atoms with E-state index < -0.39 is 0 Å². The summed E-state index contributed by atoms with van der Waals surface area (Å²) >= 11 is 0. The highest BCUT2D eigenvalue weighted by molar-refractivity contribution is 5.78. The average Bonchev–Trinajstić information content (AvgIpc) is 2.75. The Labute approximate surface area is 98.1 Å². The number of benzene rings is 1. The first-order valence-electron chi connectivity index (χ1n) is 5.30. The number of hydrogen-bond acceptors (Lipinski definition) is 4. The minimum absolute atomic E-state index is 0.558. The number of anilines is 2. The SMILES string of the molecule is Cn1ccc(Nc2ncc3ccccc3n2)n1. The van der Waals surface area contributed by atoms with E-state index in [-0.39, 0.29) is 0 Å². The zero-order valence-corrected chi connectivity index (χ0v) is 9.33. The van der Waals surface area contributed by atoms with Crippen molar-refractivity contribution >= 4 is 22.7 Å². The van der Waals surface area contributed by atoms with E-state index in [9.17, 15) is 0 Å². The Bertz CT molecular complexity index is 659. The fourth-order valence-electron chi connectivity index (χ4n) is 1.63. The van der Waals surface area contributed by atoms with Gasteiger partial charge in [0.05, 0.1) is 5.52 Å². The molecule has 0 aliphatic carbocycles. The van der Waals surface area contributed by atoms with Crippen molar-refractivity contribution in [3.05, 3.63) is 42.7 Å². The molecule has 0 saturated heterocycles. The summed E-state index contributed by atoms with van der Waals surface area (Å²) in [7, 11) is 1.87. The number of aromatic nitrogens is 4. The lowest BCUT2D eigenvalue weighted by Gasteiger charge is -2.02. The van der Waals surface area contributed by atoms with Crippen LogP contribution in [0, 0.1) is 0 Å². The summed E-state index contributed by atoms with van der Waals surface area (Å²) in [6, 6.07) is 9.75. The molecular weight excluding hydrogens is 214 g/mol. The number of fused-ring (bicyclic) bond motifs is 1. The zero-order chi connectivity index (χ0) is 11.7. The molecule has 2 aromatic heterocycles. The highest BCUT2D eigenvalue weighted by atomic mass is 15.3. The van der Waals surface area contributed by atoms with Gasteiger partial charge in [0.25, 0.3) is 0 Å². The van der Waals surface area contributed by atoms with Crippen LogP contribution in [0.15, 0.2) is 42.7 Å². The number of aryl methyl sites for hydroxylation is 1. The van der Waals surface area contributed by atoms with Crippen LogP contribution in [0.3, 0.4) is 0 Å². The quantitative estimate of drug-likeness (QED) is 0.725. The molecule has 0 fully saturated rings. The maximum Gasteiger partial charge on any atom is 0.228 e. The Morgan fingerprint density at radius 1 is 1.18 bits per heavy atom. The van der Waals surface area contributed by atoms with Gasteiger partial charge in [-0.1, -0.05) is 18.2 Å². The van der Waals surface area contributed by atoms with Gasteiger partial charge in [0.1, 0.15) is 0 Å². The summed E-state index contributed by atoms with van der Waals surface area (Å²) in [5.74, 6) is 1.30. The first-order chi connectivity index (χ1) is 8.31. The first kappa shape index (κ1) is 9.77. The normalized spacial score (nSPS) is 10.6. The van der Waals surface area contributed by atoms with Gasteiger partial charge in [0.2, 0.25) is 5.95 Å². The van der Waals surface area contributed by atoms with E-state index in [1.165, 1.54) is 0 Å². The van der Waals surface area contributed by atoms with Crippen LogP contribution in [-0.4, -0.2) is 19.7 Å². The monoisotopic (exact) mass is 225 g/mol. The maximum absolute atomic E-state index is 4.41. The maximum atomic E-state index is 4.41. The summed E-state index contributed by atoms with van der Waals surface area (Å²) in [5, 5.41) is 8.30. The van der Waals surface area contributed by atoms with Gasteiger partial charge in [0, 0.05) is 30.9 Å². The van der Waals surface area contributed by atoms with Gasteiger partial charge < -0.3 is 5.32 Å². The minimum atomic E-state index is 0.558. The first-order valence-corrected chi connectivity index (χ1v) is 5.30. The van der Waals surface area contributed by atoms with E-state index in [1.807, 2.05) is 43.6 Å². The van der Waals surface area contributed by atoms with Gasteiger partial charge >= 0.3 is 0 Å². The van der Waals surface area contributed by atoms with Crippen molar-refractivity contribution in [3.63, 3.8) is 0 Å². The Hall–Kier alpha value is -2.43. The molecular formula is C12H11N5. The third-order valence-corrected chi connectivity index (χ3v) is 2.44. The van der Waals surface area contributed by atoms with E-state index in [0.29, 0.717) is 5.95 Å². The van der Waals surface area contributed by atoms with E-state index >= 15 is 0 Å². The Morgan fingerprint density at radius 2 is 2.06 bits per heavy atom. The summed E-state index contributed by atoms with van der Waals surface area (Å²) < 4.78 is 1.73. The van der Waals surface area contributed by atoms with Crippen molar-refractivity contribution in [2.75, 3.05) is 5.32 Å². The zero-order valence-electron chi connectivity index (χ0n) is 9.33. The molecule has 17 heavy (non-hydrogen) atoms. The molecule has 5 heteroatoms. The van der Waals surface area contributed by atoms with E-state index in [2.05, 4.69) is 20.4 Å². The molecule has 3 aromatic rings. The molecule has 84 valence electrons. The smallest absolute Gasteiger partial charge is 0.228 e. The summed E-state index contributed by atoms with van der Waals surface area (Å²) in [5.41, 5.74) is 0.918. The van der Waals surface area contributed by atoms with Crippen LogP contribution in [0.25, 0.3) is 10.9 Å². The fraction of sp³-hybridized carbons (Fsp3) is 0.0833. The van der Waals surface area contributed by atoms with Gasteiger partial charge in [-0.25, -0.2) is 9.97 Å². The van der Waals surface area contributed by atoms with Crippen molar-refractivity contribution in [1.82, 2.24) is 19.7 Å². The van der Waals surface area contributed by atoms with Crippen LogP contribution >= 0.6 is 0 Å². The van der Waals surface area contributed by atoms with E-state index in [4.69, 9.17) is 0 Å². The molecule has 3 rings (SSSR count). The number of para-hydroxylation sites is 1. The molecule has 0 radical (unpaired) electrons. The highest BCUT2D eigenvalue weighted by Crippen LogP contribution is 2.14. The second-order valence-corrected chi connectivity index (χ2v) is 3.75. The molecule has 0 saturated carbocycles. The van der Waals surface area contributed by atoms with Crippen molar-refractivity contribution in [3.8, 4) is 0 Å². The van der Waals surface area contributed by atoms with Gasteiger partial charge in [-0.15, -0.1) is 0 Å². The van der Waals surface area contributed by atoms with Crippen molar-refractivity contribution in [1.29, 1.82) is 0 Å². The summed E-state index contributed by atoms with van der Waals surface area (Å²) in [4.78, 5) is 8.65. The molecule has 1 N–H and O–H groups in total. The van der Waals surface area contributed by atoms with Crippen LogP contribution in [0.1, 0.15) is 0 Å². The van der Waals surface area contributed by atoms with Crippen LogP contribution in [-0.2, 0) is 7.05 Å². The molecule has 1 aromatic carbocycles. The van der Waals surface area contributed by atoms with Gasteiger partial charge in [0.15, 0.2) is 5.82 Å². The largest absolute Gasteiger partial charge is 0.307 e. The summed E-state index contributed by atoms with van der Waals surface area (Å²) in [6.45, 7) is 0. The lowest BCUT2D eigenvalue weighted by molar-refractivity contribution is 0.771. The standard InChI is InChI=1S/C12H11N5/c1-17-7-6-11(16-17)15-12-13-8-9-4-2-3-5-10(9)14-12/h2-8H,1H3,(H,13,14,15,16). The molecule has 5 nitrogen and oxygen atoms in total. The lowest BCUT2D eigenvalue weighted by atomic mass is 10.2. The molecule has 0 aliphatic rings.